The minimum absolute atomic E-state index is 0.00342. The lowest BCUT2D eigenvalue weighted by Gasteiger charge is -2.37. The van der Waals surface area contributed by atoms with E-state index in [-0.39, 0.29) is 41.8 Å². The molecule has 58 heavy (non-hydrogen) atoms. The third-order valence-corrected chi connectivity index (χ3v) is 12.1. The van der Waals surface area contributed by atoms with Gasteiger partial charge in [0.2, 0.25) is 5.91 Å². The van der Waals surface area contributed by atoms with Crippen LogP contribution >= 0.6 is 0 Å². The summed E-state index contributed by atoms with van der Waals surface area (Å²) in [6.45, 7) is 7.23. The van der Waals surface area contributed by atoms with E-state index in [9.17, 15) is 23.2 Å². The zero-order valence-electron chi connectivity index (χ0n) is 32.2. The van der Waals surface area contributed by atoms with Crippen LogP contribution in [0, 0.1) is 17.8 Å². The molecule has 2 atom stereocenters. The first-order chi connectivity index (χ1) is 28.2. The summed E-state index contributed by atoms with van der Waals surface area (Å²) in [5.74, 6) is 6.94. The molecule has 5 aliphatic rings. The molecule has 4 aromatic rings. The molecule has 3 aromatic heterocycles. The number of carbonyl (C=O) groups is 3. The Morgan fingerprint density at radius 3 is 2.52 bits per heavy atom. The maximum absolute atomic E-state index is 14.3. The second-order valence-corrected chi connectivity index (χ2v) is 16.0. The molecular formula is C41H47F2N11O4. The van der Waals surface area contributed by atoms with Crippen LogP contribution < -0.4 is 20.4 Å². The number of ether oxygens (including phenoxy) is 1. The number of piperazine rings is 1. The fraction of sp³-hybridized carbons (Fsp3) is 0.512. The molecule has 304 valence electrons. The van der Waals surface area contributed by atoms with E-state index in [4.69, 9.17) is 9.72 Å². The Balaban J connectivity index is 0.751. The normalized spacial score (nSPS) is 24.3. The standard InChI is InChI=1S/C41H47F2N11O4/c42-38(43)37-34(45-40(56)33-22-44-53-16-12-35(46-39(33)53)51-24-31-10-11-32(25-51)58-31)26-54(48-37)29-8-6-28(7-9-29)23-50-19-17-49(18-20-50)14-2-4-27-3-1-5-30(21-27)52-15-13-36(55)47-41(52)57/h1,3,5,12,16,21-22,26,28-29,31-32,38H,6-11,13-15,17-20,23-25H2,(H,45,56)(H,47,55,57). The van der Waals surface area contributed by atoms with Gasteiger partial charge in [-0.25, -0.2) is 23.1 Å². The van der Waals surface area contributed by atoms with Gasteiger partial charge < -0.3 is 19.9 Å². The SMILES string of the molecule is O=C1CCN(c2cccc(C#CCN3CCN(CC4CCC(n5cc(NC(=O)c6cnn7ccc(N8CC9CCC(C8)O9)nc67)c(C(F)F)n5)CC4)CC3)c2)C(=O)N1. The number of aromatic nitrogens is 5. The van der Waals surface area contributed by atoms with Crippen LogP contribution in [0.2, 0.25) is 0 Å². The fourth-order valence-electron chi connectivity index (χ4n) is 8.94. The topological polar surface area (TPSA) is 145 Å². The number of alkyl halides is 2. The number of urea groups is 1. The average molecular weight is 796 g/mol. The van der Waals surface area contributed by atoms with Crippen molar-refractivity contribution in [2.75, 3.05) is 74.0 Å². The van der Waals surface area contributed by atoms with Crippen molar-refractivity contribution in [3.8, 4) is 11.8 Å². The highest BCUT2D eigenvalue weighted by Crippen LogP contribution is 2.36. The van der Waals surface area contributed by atoms with Crippen molar-refractivity contribution in [2.24, 2.45) is 5.92 Å². The third kappa shape index (κ3) is 8.27. The van der Waals surface area contributed by atoms with E-state index in [0.717, 1.165) is 101 Å². The van der Waals surface area contributed by atoms with Crippen molar-refractivity contribution in [3.63, 3.8) is 0 Å². The summed E-state index contributed by atoms with van der Waals surface area (Å²) >= 11 is 0. The first-order valence-electron chi connectivity index (χ1n) is 20.3. The molecule has 17 heteroatoms. The number of hydrogen-bond acceptors (Lipinski definition) is 10. The Kier molecular flexibility index (Phi) is 10.8. The summed E-state index contributed by atoms with van der Waals surface area (Å²) in [6, 6.07) is 8.95. The number of nitrogens with zero attached hydrogens (tertiary/aromatic N) is 9. The molecule has 4 amide bonds. The van der Waals surface area contributed by atoms with Crippen LogP contribution in [0.25, 0.3) is 5.65 Å². The van der Waals surface area contributed by atoms with Crippen molar-refractivity contribution in [1.29, 1.82) is 0 Å². The van der Waals surface area contributed by atoms with Gasteiger partial charge in [-0.3, -0.25) is 29.4 Å². The largest absolute Gasteiger partial charge is 0.371 e. The number of anilines is 3. The lowest BCUT2D eigenvalue weighted by atomic mass is 9.85. The van der Waals surface area contributed by atoms with Gasteiger partial charge >= 0.3 is 6.03 Å². The third-order valence-electron chi connectivity index (χ3n) is 12.1. The molecule has 4 saturated heterocycles. The van der Waals surface area contributed by atoms with Crippen LogP contribution in [0.15, 0.2) is 48.9 Å². The Morgan fingerprint density at radius 1 is 0.983 bits per heavy atom. The van der Waals surface area contributed by atoms with Crippen LogP contribution in [0.4, 0.5) is 30.8 Å². The molecule has 2 N–H and O–H groups in total. The van der Waals surface area contributed by atoms with Gasteiger partial charge in [0.1, 0.15) is 11.4 Å². The highest BCUT2D eigenvalue weighted by molar-refractivity contribution is 6.08. The van der Waals surface area contributed by atoms with E-state index in [0.29, 0.717) is 24.7 Å². The number of rotatable bonds is 9. The minimum atomic E-state index is -2.85. The number of nitrogens with one attached hydrogen (secondary N) is 2. The smallest absolute Gasteiger partial charge is 0.328 e. The highest BCUT2D eigenvalue weighted by atomic mass is 19.3. The molecule has 15 nitrogen and oxygen atoms in total. The Labute approximate surface area is 334 Å². The van der Waals surface area contributed by atoms with Gasteiger partial charge in [0.25, 0.3) is 12.3 Å². The zero-order valence-corrected chi connectivity index (χ0v) is 32.2. The van der Waals surface area contributed by atoms with Crippen LogP contribution in [-0.4, -0.2) is 123 Å². The molecule has 1 aromatic carbocycles. The molecule has 2 unspecified atom stereocenters. The lowest BCUT2D eigenvalue weighted by molar-refractivity contribution is -0.120. The number of benzene rings is 1. The summed E-state index contributed by atoms with van der Waals surface area (Å²) in [5.41, 5.74) is 1.67. The van der Waals surface area contributed by atoms with Gasteiger partial charge in [-0.15, -0.1) is 0 Å². The summed E-state index contributed by atoms with van der Waals surface area (Å²) in [4.78, 5) is 50.6. The Bertz CT molecular complexity index is 2220. The molecular weight excluding hydrogens is 749 g/mol. The number of imide groups is 1. The summed E-state index contributed by atoms with van der Waals surface area (Å²) in [7, 11) is 0. The van der Waals surface area contributed by atoms with Crippen LogP contribution in [0.1, 0.15) is 79.0 Å². The first kappa shape index (κ1) is 38.1. The molecule has 1 saturated carbocycles. The van der Waals surface area contributed by atoms with Crippen molar-refractivity contribution >= 4 is 40.7 Å². The van der Waals surface area contributed by atoms with Crippen LogP contribution in [-0.2, 0) is 9.53 Å². The van der Waals surface area contributed by atoms with Gasteiger partial charge in [-0.2, -0.15) is 10.2 Å². The van der Waals surface area contributed by atoms with Gasteiger partial charge in [0.15, 0.2) is 11.3 Å². The van der Waals surface area contributed by atoms with E-state index in [2.05, 4.69) is 47.4 Å². The summed E-state index contributed by atoms with van der Waals surface area (Å²) in [6.07, 6.45) is 8.14. The Morgan fingerprint density at radius 2 is 1.76 bits per heavy atom. The maximum Gasteiger partial charge on any atom is 0.328 e. The highest BCUT2D eigenvalue weighted by Gasteiger charge is 2.35. The number of fused-ring (bicyclic) bond motifs is 3. The van der Waals surface area contributed by atoms with Crippen molar-refractivity contribution in [3.05, 3.63) is 65.7 Å². The number of halogens is 2. The van der Waals surface area contributed by atoms with E-state index in [1.165, 1.54) is 10.7 Å². The number of carbonyl (C=O) groups excluding carboxylic acids is 3. The minimum Gasteiger partial charge on any atom is -0.371 e. The van der Waals surface area contributed by atoms with Gasteiger partial charge in [-0.1, -0.05) is 17.9 Å². The predicted octanol–water partition coefficient (Wildman–Crippen LogP) is 4.33. The molecule has 1 aliphatic carbocycles. The maximum atomic E-state index is 14.3. The number of amides is 4. The van der Waals surface area contributed by atoms with Gasteiger partial charge in [-0.05, 0) is 68.7 Å². The molecule has 7 heterocycles. The number of morpholine rings is 1. The Hall–Kier alpha value is -5.44. The molecule has 0 radical (unpaired) electrons. The molecule has 2 bridgehead atoms. The van der Waals surface area contributed by atoms with E-state index >= 15 is 0 Å². The predicted molar refractivity (Wildman–Crippen MR) is 211 cm³/mol. The molecule has 5 fully saturated rings. The monoisotopic (exact) mass is 795 g/mol. The fourth-order valence-corrected chi connectivity index (χ4v) is 8.94. The molecule has 4 aliphatic heterocycles. The number of hydrogen-bond donors (Lipinski definition) is 2. The lowest BCUT2D eigenvalue weighted by Crippen LogP contribution is -2.49. The summed E-state index contributed by atoms with van der Waals surface area (Å²) < 4.78 is 37.6. The van der Waals surface area contributed by atoms with Crippen LogP contribution in [0.3, 0.4) is 0 Å². The van der Waals surface area contributed by atoms with Crippen LogP contribution in [0.5, 0.6) is 0 Å². The van der Waals surface area contributed by atoms with Crippen molar-refractivity contribution < 1.29 is 27.9 Å². The quantitative estimate of drug-likeness (QED) is 0.235. The first-order valence-corrected chi connectivity index (χ1v) is 20.3. The van der Waals surface area contributed by atoms with E-state index in [1.54, 1.807) is 22.0 Å². The van der Waals surface area contributed by atoms with E-state index < -0.39 is 24.1 Å². The average Bonchev–Trinajstić information content (AvgIpc) is 3.95. The van der Waals surface area contributed by atoms with Gasteiger partial charge in [0, 0.05) is 82.4 Å². The van der Waals surface area contributed by atoms with Crippen molar-refractivity contribution in [2.45, 2.75) is 69.6 Å². The second-order valence-electron chi connectivity index (χ2n) is 16.0. The van der Waals surface area contributed by atoms with Crippen molar-refractivity contribution in [1.82, 2.24) is 39.5 Å². The van der Waals surface area contributed by atoms with Gasteiger partial charge in [0.05, 0.1) is 36.7 Å². The summed E-state index contributed by atoms with van der Waals surface area (Å²) in [5, 5.41) is 13.6. The van der Waals surface area contributed by atoms with E-state index in [1.807, 2.05) is 30.3 Å². The second kappa shape index (κ2) is 16.4. The molecule has 9 rings (SSSR count). The zero-order chi connectivity index (χ0) is 39.8. The molecule has 0 spiro atoms.